The number of hydrogen-bond acceptors (Lipinski definition) is 2. The quantitative estimate of drug-likeness (QED) is 0.625. The van der Waals surface area contributed by atoms with Gasteiger partial charge in [0, 0.05) is 5.92 Å². The van der Waals surface area contributed by atoms with Crippen molar-refractivity contribution in [2.75, 3.05) is 0 Å². The Balaban J connectivity index is 2.17. The topological polar surface area (TPSA) is 20.2 Å². The van der Waals surface area contributed by atoms with Gasteiger partial charge in [-0.05, 0) is 40.6 Å². The Morgan fingerprint density at radius 2 is 2.09 bits per heavy atom. The van der Waals surface area contributed by atoms with Gasteiger partial charge in [0.15, 0.2) is 0 Å². The van der Waals surface area contributed by atoms with Gasteiger partial charge in [-0.15, -0.1) is 0 Å². The second-order valence-corrected chi connectivity index (χ2v) is 4.37. The van der Waals surface area contributed by atoms with Crippen LogP contribution in [-0.4, -0.2) is 11.2 Å². The van der Waals surface area contributed by atoms with Gasteiger partial charge in [0.05, 0.1) is 6.10 Å². The highest BCUT2D eigenvalue weighted by atomic mass is 32.1. The molecule has 0 spiro atoms. The van der Waals surface area contributed by atoms with Gasteiger partial charge in [-0.3, -0.25) is 0 Å². The van der Waals surface area contributed by atoms with Crippen molar-refractivity contribution in [1.82, 2.24) is 0 Å². The zero-order valence-electron chi connectivity index (χ0n) is 6.16. The highest BCUT2D eigenvalue weighted by Crippen LogP contribution is 2.54. The molecule has 2 aliphatic rings. The van der Waals surface area contributed by atoms with Crippen LogP contribution < -0.4 is 0 Å². The standard InChI is InChI=1S/C9H10OS/c10-9-2-5-1-6(9)8-4-11-3-7(5)8/h3-6,9-10H,1-2H2/t5-,6-,9+/m0/s1. The Labute approximate surface area is 69.7 Å². The summed E-state index contributed by atoms with van der Waals surface area (Å²) in [6, 6.07) is 0. The molecule has 1 saturated carbocycles. The van der Waals surface area contributed by atoms with Crippen molar-refractivity contribution in [2.24, 2.45) is 0 Å². The second kappa shape index (κ2) is 1.87. The van der Waals surface area contributed by atoms with Gasteiger partial charge in [-0.1, -0.05) is 0 Å². The van der Waals surface area contributed by atoms with Crippen LogP contribution in [0.5, 0.6) is 0 Å². The molecule has 0 radical (unpaired) electrons. The molecule has 58 valence electrons. The highest BCUT2D eigenvalue weighted by Gasteiger charge is 2.43. The summed E-state index contributed by atoms with van der Waals surface area (Å²) < 4.78 is 0. The molecular formula is C9H10OS. The third kappa shape index (κ3) is 0.644. The molecule has 1 fully saturated rings. The number of hydrogen-bond donors (Lipinski definition) is 1. The predicted octanol–water partition coefficient (Wildman–Crippen LogP) is 2.08. The lowest BCUT2D eigenvalue weighted by Crippen LogP contribution is -2.13. The lowest BCUT2D eigenvalue weighted by Gasteiger charge is -2.16. The minimum Gasteiger partial charge on any atom is -0.392 e. The van der Waals surface area contributed by atoms with Crippen molar-refractivity contribution < 1.29 is 5.11 Å². The molecule has 2 aliphatic carbocycles. The van der Waals surface area contributed by atoms with Gasteiger partial charge in [0.2, 0.25) is 0 Å². The first-order valence-electron chi connectivity index (χ1n) is 4.10. The molecule has 11 heavy (non-hydrogen) atoms. The van der Waals surface area contributed by atoms with Crippen molar-refractivity contribution in [2.45, 2.75) is 30.8 Å². The fourth-order valence-electron chi connectivity index (χ4n) is 2.55. The Morgan fingerprint density at radius 1 is 1.27 bits per heavy atom. The summed E-state index contributed by atoms with van der Waals surface area (Å²) in [5, 5.41) is 14.1. The summed E-state index contributed by atoms with van der Waals surface area (Å²) in [4.78, 5) is 0. The molecule has 1 aromatic heterocycles. The first-order chi connectivity index (χ1) is 5.36. The summed E-state index contributed by atoms with van der Waals surface area (Å²) in [6.45, 7) is 0. The van der Waals surface area contributed by atoms with E-state index in [0.717, 1.165) is 6.42 Å². The average Bonchev–Trinajstić information content (AvgIpc) is 2.52. The van der Waals surface area contributed by atoms with Gasteiger partial charge in [0.1, 0.15) is 0 Å². The Hall–Kier alpha value is -0.340. The second-order valence-electron chi connectivity index (χ2n) is 3.62. The van der Waals surface area contributed by atoms with Crippen molar-refractivity contribution in [1.29, 1.82) is 0 Å². The van der Waals surface area contributed by atoms with Gasteiger partial charge < -0.3 is 5.11 Å². The molecule has 0 aliphatic heterocycles. The van der Waals surface area contributed by atoms with Crippen LogP contribution in [0.25, 0.3) is 0 Å². The van der Waals surface area contributed by atoms with E-state index >= 15 is 0 Å². The molecule has 1 N–H and O–H groups in total. The molecule has 2 heteroatoms. The van der Waals surface area contributed by atoms with Gasteiger partial charge >= 0.3 is 0 Å². The summed E-state index contributed by atoms with van der Waals surface area (Å²) in [5.74, 6) is 1.18. The fourth-order valence-corrected chi connectivity index (χ4v) is 3.55. The van der Waals surface area contributed by atoms with E-state index in [1.807, 2.05) is 0 Å². The van der Waals surface area contributed by atoms with Gasteiger partial charge in [0.25, 0.3) is 0 Å². The fraction of sp³-hybridized carbons (Fsp3) is 0.556. The van der Waals surface area contributed by atoms with Gasteiger partial charge in [-0.2, -0.15) is 11.3 Å². The number of aliphatic hydroxyl groups excluding tert-OH is 1. The number of fused-ring (bicyclic) bond motifs is 5. The van der Waals surface area contributed by atoms with E-state index in [2.05, 4.69) is 10.8 Å². The Bertz CT molecular complexity index is 292. The molecule has 3 rings (SSSR count). The third-order valence-corrected chi connectivity index (χ3v) is 3.87. The van der Waals surface area contributed by atoms with Crippen LogP contribution in [0, 0.1) is 0 Å². The zero-order valence-corrected chi connectivity index (χ0v) is 6.97. The lowest BCUT2D eigenvalue weighted by molar-refractivity contribution is 0.158. The molecule has 0 saturated heterocycles. The first-order valence-corrected chi connectivity index (χ1v) is 5.04. The molecule has 1 aromatic rings. The van der Waals surface area contributed by atoms with Crippen molar-refractivity contribution >= 4 is 11.3 Å². The van der Waals surface area contributed by atoms with E-state index in [9.17, 15) is 5.11 Å². The Kier molecular flexibility index (Phi) is 1.06. The van der Waals surface area contributed by atoms with E-state index < -0.39 is 0 Å². The minimum absolute atomic E-state index is 0.0397. The van der Waals surface area contributed by atoms with E-state index in [4.69, 9.17) is 0 Å². The summed E-state index contributed by atoms with van der Waals surface area (Å²) in [6.07, 6.45) is 2.18. The summed E-state index contributed by atoms with van der Waals surface area (Å²) >= 11 is 1.78. The van der Waals surface area contributed by atoms with Crippen LogP contribution in [0.4, 0.5) is 0 Å². The average molecular weight is 166 g/mol. The van der Waals surface area contributed by atoms with E-state index in [-0.39, 0.29) is 6.10 Å². The molecule has 2 bridgehead atoms. The van der Waals surface area contributed by atoms with Crippen molar-refractivity contribution in [3.05, 3.63) is 21.9 Å². The minimum atomic E-state index is -0.0397. The maximum absolute atomic E-state index is 9.59. The van der Waals surface area contributed by atoms with Crippen molar-refractivity contribution in [3.63, 3.8) is 0 Å². The van der Waals surface area contributed by atoms with E-state index in [0.29, 0.717) is 11.8 Å². The Morgan fingerprint density at radius 3 is 3.00 bits per heavy atom. The normalized spacial score (nSPS) is 39.5. The monoisotopic (exact) mass is 166 g/mol. The van der Waals surface area contributed by atoms with E-state index in [1.54, 1.807) is 11.3 Å². The number of rotatable bonds is 0. The molecular weight excluding hydrogens is 156 g/mol. The van der Waals surface area contributed by atoms with Crippen LogP contribution in [0.1, 0.15) is 35.8 Å². The van der Waals surface area contributed by atoms with Crippen LogP contribution in [0.15, 0.2) is 10.8 Å². The first kappa shape index (κ1) is 6.21. The van der Waals surface area contributed by atoms with Gasteiger partial charge in [-0.25, -0.2) is 0 Å². The maximum atomic E-state index is 9.59. The van der Waals surface area contributed by atoms with Crippen LogP contribution in [0.3, 0.4) is 0 Å². The summed E-state index contributed by atoms with van der Waals surface area (Å²) in [5.41, 5.74) is 2.98. The smallest absolute Gasteiger partial charge is 0.0615 e. The molecule has 0 amide bonds. The predicted molar refractivity (Wildman–Crippen MR) is 45.0 cm³/mol. The molecule has 1 nitrogen and oxygen atoms in total. The molecule has 0 aromatic carbocycles. The molecule has 1 heterocycles. The van der Waals surface area contributed by atoms with E-state index in [1.165, 1.54) is 17.5 Å². The largest absolute Gasteiger partial charge is 0.392 e. The number of thiophene rings is 1. The van der Waals surface area contributed by atoms with Crippen LogP contribution in [-0.2, 0) is 0 Å². The zero-order chi connectivity index (χ0) is 7.42. The maximum Gasteiger partial charge on any atom is 0.0615 e. The molecule has 3 atom stereocenters. The molecule has 0 unspecified atom stereocenters. The SMILES string of the molecule is O[C@@H]1C[C@@H]2C[C@H]1c1cscc12. The van der Waals surface area contributed by atoms with Crippen molar-refractivity contribution in [3.8, 4) is 0 Å². The van der Waals surface area contributed by atoms with Crippen LogP contribution in [0.2, 0.25) is 0 Å². The summed E-state index contributed by atoms with van der Waals surface area (Å²) in [7, 11) is 0. The number of aliphatic hydroxyl groups is 1. The lowest BCUT2D eigenvalue weighted by atomic mass is 9.94. The van der Waals surface area contributed by atoms with Crippen LogP contribution >= 0.6 is 11.3 Å². The highest BCUT2D eigenvalue weighted by molar-refractivity contribution is 7.08. The third-order valence-electron chi connectivity index (χ3n) is 3.09.